The molecule has 1 aliphatic rings. The second kappa shape index (κ2) is 7.27. The molecule has 3 nitrogen and oxygen atoms in total. The molecule has 1 aliphatic heterocycles. The topological polar surface area (TPSA) is 27.6 Å². The molecule has 17 heavy (non-hydrogen) atoms. The van der Waals surface area contributed by atoms with E-state index in [9.17, 15) is 0 Å². The molecule has 0 amide bonds. The Morgan fingerprint density at radius 3 is 2.47 bits per heavy atom. The van der Waals surface area contributed by atoms with E-state index in [1.807, 2.05) is 11.8 Å². The van der Waals surface area contributed by atoms with Gasteiger partial charge in [0.25, 0.3) is 0 Å². The lowest BCUT2D eigenvalue weighted by Crippen LogP contribution is -2.40. The maximum atomic E-state index is 4.59. The van der Waals surface area contributed by atoms with Crippen LogP contribution in [0.2, 0.25) is 0 Å². The van der Waals surface area contributed by atoms with Crippen LogP contribution in [0.4, 0.5) is 0 Å². The van der Waals surface area contributed by atoms with Crippen LogP contribution in [0.5, 0.6) is 0 Å². The van der Waals surface area contributed by atoms with E-state index in [-0.39, 0.29) is 0 Å². The lowest BCUT2D eigenvalue weighted by Gasteiger charge is -2.24. The van der Waals surface area contributed by atoms with Gasteiger partial charge in [-0.2, -0.15) is 0 Å². The van der Waals surface area contributed by atoms with Crippen molar-refractivity contribution >= 4 is 16.9 Å². The van der Waals surface area contributed by atoms with Crippen LogP contribution in [0.3, 0.4) is 0 Å². The molecule has 0 spiro atoms. The minimum Gasteiger partial charge on any atom is -0.361 e. The monoisotopic (exact) mass is 257 g/mol. The Balaban J connectivity index is 2.30. The fraction of sp³-hybridized carbons (Fsp3) is 0.923. The summed E-state index contributed by atoms with van der Waals surface area (Å²) < 4.78 is 0. The largest absolute Gasteiger partial charge is 0.361 e. The molecule has 2 atom stereocenters. The molecular formula is C13H27N3S. The van der Waals surface area contributed by atoms with Crippen molar-refractivity contribution < 1.29 is 0 Å². The average Bonchev–Trinajstić information content (AvgIpc) is 2.74. The SMILES string of the molecule is CCN(CC)CC(C)NC1=NCC(C(C)C)S1. The van der Waals surface area contributed by atoms with Gasteiger partial charge in [-0.05, 0) is 25.9 Å². The Morgan fingerprint density at radius 1 is 1.35 bits per heavy atom. The molecule has 2 unspecified atom stereocenters. The second-order valence-electron chi connectivity index (χ2n) is 5.08. The number of nitrogens with zero attached hydrogens (tertiary/aromatic N) is 2. The van der Waals surface area contributed by atoms with Gasteiger partial charge in [-0.15, -0.1) is 0 Å². The maximum Gasteiger partial charge on any atom is 0.157 e. The van der Waals surface area contributed by atoms with Gasteiger partial charge in [0.1, 0.15) is 0 Å². The first kappa shape index (κ1) is 14.8. The fourth-order valence-electron chi connectivity index (χ4n) is 1.94. The molecule has 0 radical (unpaired) electrons. The highest BCUT2D eigenvalue weighted by Gasteiger charge is 2.23. The van der Waals surface area contributed by atoms with Crippen molar-refractivity contribution in [1.82, 2.24) is 10.2 Å². The van der Waals surface area contributed by atoms with Crippen LogP contribution in [0, 0.1) is 5.92 Å². The van der Waals surface area contributed by atoms with Crippen LogP contribution in [0.25, 0.3) is 0 Å². The maximum absolute atomic E-state index is 4.59. The van der Waals surface area contributed by atoms with E-state index in [2.05, 4.69) is 49.8 Å². The van der Waals surface area contributed by atoms with Crippen LogP contribution >= 0.6 is 11.8 Å². The van der Waals surface area contributed by atoms with Crippen LogP contribution in [0.1, 0.15) is 34.6 Å². The summed E-state index contributed by atoms with van der Waals surface area (Å²) in [5.41, 5.74) is 0. The van der Waals surface area contributed by atoms with E-state index < -0.39 is 0 Å². The normalized spacial score (nSPS) is 22.1. The highest BCUT2D eigenvalue weighted by Crippen LogP contribution is 2.26. The van der Waals surface area contributed by atoms with Gasteiger partial charge in [0.05, 0.1) is 6.54 Å². The smallest absolute Gasteiger partial charge is 0.157 e. The number of likely N-dealkylation sites (N-methyl/N-ethyl adjacent to an activating group) is 1. The van der Waals surface area contributed by atoms with Gasteiger partial charge in [-0.25, -0.2) is 0 Å². The van der Waals surface area contributed by atoms with E-state index in [0.717, 1.165) is 31.3 Å². The zero-order valence-electron chi connectivity index (χ0n) is 11.9. The Morgan fingerprint density at radius 2 is 2.00 bits per heavy atom. The van der Waals surface area contributed by atoms with Gasteiger partial charge >= 0.3 is 0 Å². The van der Waals surface area contributed by atoms with Crippen LogP contribution in [0.15, 0.2) is 4.99 Å². The van der Waals surface area contributed by atoms with Crippen LogP contribution in [-0.4, -0.2) is 47.5 Å². The number of aliphatic imine (C=N–C) groups is 1. The number of rotatable bonds is 6. The van der Waals surface area contributed by atoms with Crippen LogP contribution < -0.4 is 5.32 Å². The summed E-state index contributed by atoms with van der Waals surface area (Å²) in [6, 6.07) is 0.479. The van der Waals surface area contributed by atoms with Gasteiger partial charge in [0.15, 0.2) is 5.17 Å². The molecular weight excluding hydrogens is 230 g/mol. The third kappa shape index (κ3) is 4.88. The van der Waals surface area contributed by atoms with Crippen LogP contribution in [-0.2, 0) is 0 Å². The Bertz CT molecular complexity index is 249. The van der Waals surface area contributed by atoms with Gasteiger partial charge in [-0.3, -0.25) is 4.99 Å². The summed E-state index contributed by atoms with van der Waals surface area (Å²) in [7, 11) is 0. The third-order valence-electron chi connectivity index (χ3n) is 3.22. The average molecular weight is 257 g/mol. The number of nitrogens with one attached hydrogen (secondary N) is 1. The standard InChI is InChI=1S/C13H27N3S/c1-6-16(7-2)9-11(5)15-13-14-8-12(17-13)10(3)4/h10-12H,6-9H2,1-5H3,(H,14,15). The van der Waals surface area contributed by atoms with Gasteiger partial charge in [-0.1, -0.05) is 39.5 Å². The molecule has 0 bridgehead atoms. The molecule has 1 N–H and O–H groups in total. The minimum atomic E-state index is 0.479. The van der Waals surface area contributed by atoms with Gasteiger partial charge < -0.3 is 10.2 Å². The third-order valence-corrected chi connectivity index (χ3v) is 4.68. The Hall–Kier alpha value is -0.220. The van der Waals surface area contributed by atoms with Crippen molar-refractivity contribution in [3.63, 3.8) is 0 Å². The highest BCUT2D eigenvalue weighted by molar-refractivity contribution is 8.14. The molecule has 1 heterocycles. The van der Waals surface area contributed by atoms with Crippen molar-refractivity contribution in [2.75, 3.05) is 26.2 Å². The Kier molecular flexibility index (Phi) is 6.34. The lowest BCUT2D eigenvalue weighted by molar-refractivity contribution is 0.282. The van der Waals surface area contributed by atoms with Crippen molar-refractivity contribution in [2.45, 2.75) is 45.9 Å². The predicted molar refractivity (Wildman–Crippen MR) is 78.9 cm³/mol. The molecule has 0 aromatic carbocycles. The summed E-state index contributed by atoms with van der Waals surface area (Å²) in [5.74, 6) is 0.709. The number of amidine groups is 1. The lowest BCUT2D eigenvalue weighted by atomic mass is 10.1. The quantitative estimate of drug-likeness (QED) is 0.792. The summed E-state index contributed by atoms with van der Waals surface area (Å²) >= 11 is 1.91. The van der Waals surface area contributed by atoms with Gasteiger partial charge in [0, 0.05) is 17.8 Å². The zero-order chi connectivity index (χ0) is 12.8. The predicted octanol–water partition coefficient (Wildman–Crippen LogP) is 2.43. The Labute approximate surface area is 110 Å². The molecule has 0 fully saturated rings. The summed E-state index contributed by atoms with van der Waals surface area (Å²) in [4.78, 5) is 7.03. The molecule has 4 heteroatoms. The van der Waals surface area contributed by atoms with Gasteiger partial charge in [0.2, 0.25) is 0 Å². The summed E-state index contributed by atoms with van der Waals surface area (Å²) in [5, 5.41) is 5.34. The molecule has 0 aromatic heterocycles. The van der Waals surface area contributed by atoms with E-state index in [4.69, 9.17) is 0 Å². The molecule has 0 saturated heterocycles. The number of thioether (sulfide) groups is 1. The van der Waals surface area contributed by atoms with E-state index in [0.29, 0.717) is 17.2 Å². The van der Waals surface area contributed by atoms with Crippen molar-refractivity contribution in [3.8, 4) is 0 Å². The second-order valence-corrected chi connectivity index (χ2v) is 6.31. The first-order valence-corrected chi connectivity index (χ1v) is 7.64. The first-order valence-electron chi connectivity index (χ1n) is 6.76. The number of hydrogen-bond donors (Lipinski definition) is 1. The van der Waals surface area contributed by atoms with E-state index >= 15 is 0 Å². The van der Waals surface area contributed by atoms with Crippen molar-refractivity contribution in [3.05, 3.63) is 0 Å². The number of hydrogen-bond acceptors (Lipinski definition) is 4. The molecule has 0 aliphatic carbocycles. The zero-order valence-corrected chi connectivity index (χ0v) is 12.7. The summed E-state index contributed by atoms with van der Waals surface area (Å²) in [6.07, 6.45) is 0. The van der Waals surface area contributed by atoms with Crippen molar-refractivity contribution in [2.24, 2.45) is 10.9 Å². The minimum absolute atomic E-state index is 0.479. The molecule has 0 aromatic rings. The molecule has 100 valence electrons. The molecule has 1 rings (SSSR count). The fourth-order valence-corrected chi connectivity index (χ4v) is 3.07. The van der Waals surface area contributed by atoms with E-state index in [1.165, 1.54) is 0 Å². The highest BCUT2D eigenvalue weighted by atomic mass is 32.2. The van der Waals surface area contributed by atoms with Crippen molar-refractivity contribution in [1.29, 1.82) is 0 Å². The van der Waals surface area contributed by atoms with E-state index in [1.54, 1.807) is 0 Å². The molecule has 0 saturated carbocycles. The first-order chi connectivity index (χ1) is 8.06. The summed E-state index contributed by atoms with van der Waals surface area (Å²) in [6.45, 7) is 15.5.